The maximum atomic E-state index is 11.8. The molecule has 0 aliphatic heterocycles. The number of tetrazole rings is 1. The average Bonchev–Trinajstić information content (AvgIpc) is 2.98. The lowest BCUT2D eigenvalue weighted by Crippen LogP contribution is -2.43. The summed E-state index contributed by atoms with van der Waals surface area (Å²) in [5.41, 5.74) is 0.921. The topological polar surface area (TPSA) is 130 Å². The molecule has 1 aromatic heterocycles. The highest BCUT2D eigenvalue weighted by atomic mass is 16.4. The third-order valence-corrected chi connectivity index (χ3v) is 2.53. The van der Waals surface area contributed by atoms with Crippen molar-refractivity contribution in [3.8, 4) is 5.69 Å². The molecule has 0 spiro atoms. The SMILES string of the molecule is O=C(N[C@@H](CO)C(=O)O)c1ccc(-n2cnnn2)cc1. The summed E-state index contributed by atoms with van der Waals surface area (Å²) in [5.74, 6) is -1.89. The van der Waals surface area contributed by atoms with Gasteiger partial charge in [-0.3, -0.25) is 4.79 Å². The Hall–Kier alpha value is -2.81. The molecule has 20 heavy (non-hydrogen) atoms. The summed E-state index contributed by atoms with van der Waals surface area (Å²) in [5, 5.41) is 30.4. The van der Waals surface area contributed by atoms with Crippen molar-refractivity contribution >= 4 is 11.9 Å². The minimum atomic E-state index is -1.33. The van der Waals surface area contributed by atoms with Crippen LogP contribution in [0.25, 0.3) is 5.69 Å². The number of aliphatic carboxylic acids is 1. The first kappa shape index (κ1) is 13.6. The largest absolute Gasteiger partial charge is 0.480 e. The summed E-state index contributed by atoms with van der Waals surface area (Å²) in [6.45, 7) is -0.677. The van der Waals surface area contributed by atoms with E-state index >= 15 is 0 Å². The summed E-state index contributed by atoms with van der Waals surface area (Å²) in [4.78, 5) is 22.5. The fourth-order valence-electron chi connectivity index (χ4n) is 1.47. The number of nitrogens with zero attached hydrogens (tertiary/aromatic N) is 4. The molecule has 0 bridgehead atoms. The Bertz CT molecular complexity index is 596. The number of nitrogens with one attached hydrogen (secondary N) is 1. The molecule has 0 aliphatic rings. The zero-order valence-corrected chi connectivity index (χ0v) is 10.2. The lowest BCUT2D eigenvalue weighted by molar-refractivity contribution is -0.140. The summed E-state index contributed by atoms with van der Waals surface area (Å²) in [6, 6.07) is 4.90. The number of hydrogen-bond donors (Lipinski definition) is 3. The van der Waals surface area contributed by atoms with Crippen molar-refractivity contribution in [3.05, 3.63) is 36.2 Å². The van der Waals surface area contributed by atoms with Crippen molar-refractivity contribution in [3.63, 3.8) is 0 Å². The van der Waals surface area contributed by atoms with Gasteiger partial charge in [-0.2, -0.15) is 0 Å². The highest BCUT2D eigenvalue weighted by Crippen LogP contribution is 2.07. The zero-order valence-electron chi connectivity index (χ0n) is 10.2. The molecule has 1 amide bonds. The van der Waals surface area contributed by atoms with E-state index < -0.39 is 24.5 Å². The number of carboxylic acids is 1. The second-order valence-electron chi connectivity index (χ2n) is 3.85. The summed E-state index contributed by atoms with van der Waals surface area (Å²) in [6.07, 6.45) is 1.40. The van der Waals surface area contributed by atoms with Crippen molar-refractivity contribution in [2.45, 2.75) is 6.04 Å². The first-order chi connectivity index (χ1) is 9.61. The van der Waals surface area contributed by atoms with E-state index in [-0.39, 0.29) is 5.56 Å². The van der Waals surface area contributed by atoms with Gasteiger partial charge in [0, 0.05) is 5.56 Å². The zero-order chi connectivity index (χ0) is 14.5. The van der Waals surface area contributed by atoms with Gasteiger partial charge < -0.3 is 15.5 Å². The molecule has 0 fully saturated rings. The molecule has 0 aliphatic carbocycles. The Morgan fingerprint density at radius 3 is 2.50 bits per heavy atom. The number of hydrogen-bond acceptors (Lipinski definition) is 6. The van der Waals surface area contributed by atoms with E-state index in [0.29, 0.717) is 5.69 Å². The molecule has 1 atom stereocenters. The average molecular weight is 277 g/mol. The van der Waals surface area contributed by atoms with E-state index in [9.17, 15) is 9.59 Å². The molecule has 1 heterocycles. The second kappa shape index (κ2) is 5.89. The number of carbonyl (C=O) groups is 2. The summed E-state index contributed by atoms with van der Waals surface area (Å²) < 4.78 is 1.41. The van der Waals surface area contributed by atoms with Gasteiger partial charge >= 0.3 is 5.97 Å². The van der Waals surface area contributed by atoms with Crippen LogP contribution in [0.1, 0.15) is 10.4 Å². The van der Waals surface area contributed by atoms with E-state index in [0.717, 1.165) is 0 Å². The van der Waals surface area contributed by atoms with Crippen molar-refractivity contribution in [1.82, 2.24) is 25.5 Å². The number of rotatable bonds is 5. The normalized spacial score (nSPS) is 11.8. The van der Waals surface area contributed by atoms with Crippen molar-refractivity contribution < 1.29 is 19.8 Å². The lowest BCUT2D eigenvalue weighted by Gasteiger charge is -2.11. The number of aliphatic hydroxyl groups excluding tert-OH is 1. The van der Waals surface area contributed by atoms with E-state index in [1.165, 1.54) is 23.1 Å². The van der Waals surface area contributed by atoms with Crippen LogP contribution in [0.5, 0.6) is 0 Å². The van der Waals surface area contributed by atoms with E-state index in [4.69, 9.17) is 10.2 Å². The Labute approximate surface area is 112 Å². The Morgan fingerprint density at radius 1 is 1.30 bits per heavy atom. The number of amides is 1. The van der Waals surface area contributed by atoms with Crippen LogP contribution in [-0.2, 0) is 4.79 Å². The van der Waals surface area contributed by atoms with Gasteiger partial charge in [-0.25, -0.2) is 9.48 Å². The first-order valence-electron chi connectivity index (χ1n) is 5.60. The van der Waals surface area contributed by atoms with E-state index in [1.54, 1.807) is 12.1 Å². The van der Waals surface area contributed by atoms with Gasteiger partial charge in [0.25, 0.3) is 5.91 Å². The smallest absolute Gasteiger partial charge is 0.328 e. The third kappa shape index (κ3) is 2.95. The minimum absolute atomic E-state index is 0.265. The van der Waals surface area contributed by atoms with Crippen molar-refractivity contribution in [2.24, 2.45) is 0 Å². The van der Waals surface area contributed by atoms with Crippen molar-refractivity contribution in [2.75, 3.05) is 6.61 Å². The standard InChI is InChI=1S/C11H11N5O4/c17-5-9(11(19)20)13-10(18)7-1-3-8(4-2-7)16-6-12-14-15-16/h1-4,6,9,17H,5H2,(H,13,18)(H,19,20)/t9-/m0/s1. The van der Waals surface area contributed by atoms with Gasteiger partial charge in [0.1, 0.15) is 6.33 Å². The third-order valence-electron chi connectivity index (χ3n) is 2.53. The van der Waals surface area contributed by atoms with E-state index in [1.807, 2.05) is 0 Å². The molecule has 3 N–H and O–H groups in total. The lowest BCUT2D eigenvalue weighted by atomic mass is 10.2. The molecule has 0 saturated heterocycles. The minimum Gasteiger partial charge on any atom is -0.480 e. The van der Waals surface area contributed by atoms with Crippen LogP contribution < -0.4 is 5.32 Å². The number of carbonyl (C=O) groups excluding carboxylic acids is 1. The summed E-state index contributed by atoms with van der Waals surface area (Å²) >= 11 is 0. The molecule has 2 aromatic rings. The highest BCUT2D eigenvalue weighted by Gasteiger charge is 2.19. The van der Waals surface area contributed by atoms with Crippen LogP contribution >= 0.6 is 0 Å². The molecule has 0 saturated carbocycles. The second-order valence-corrected chi connectivity index (χ2v) is 3.85. The molecule has 9 nitrogen and oxygen atoms in total. The molecule has 0 radical (unpaired) electrons. The van der Waals surface area contributed by atoms with Gasteiger partial charge in [0.05, 0.1) is 12.3 Å². The molecule has 1 aromatic carbocycles. The van der Waals surface area contributed by atoms with Crippen molar-refractivity contribution in [1.29, 1.82) is 0 Å². The van der Waals surface area contributed by atoms with Crippen LogP contribution in [0.2, 0.25) is 0 Å². The van der Waals surface area contributed by atoms with E-state index in [2.05, 4.69) is 20.8 Å². The van der Waals surface area contributed by atoms with Crippen LogP contribution in [0.4, 0.5) is 0 Å². The maximum Gasteiger partial charge on any atom is 0.328 e. The fraction of sp³-hybridized carbons (Fsp3) is 0.182. The molecule has 0 unspecified atom stereocenters. The maximum absolute atomic E-state index is 11.8. The van der Waals surface area contributed by atoms with Crippen LogP contribution in [-0.4, -0.2) is 54.9 Å². The van der Waals surface area contributed by atoms with Gasteiger partial charge in [0.15, 0.2) is 6.04 Å². The molecule has 9 heteroatoms. The van der Waals surface area contributed by atoms with Crippen LogP contribution in [0.3, 0.4) is 0 Å². The highest BCUT2D eigenvalue weighted by molar-refractivity contribution is 5.96. The molecular formula is C11H11N5O4. The number of carboxylic acid groups (broad SMARTS) is 1. The predicted octanol–water partition coefficient (Wildman–Crippen LogP) is -1.16. The monoisotopic (exact) mass is 277 g/mol. The van der Waals surface area contributed by atoms with Gasteiger partial charge in [-0.1, -0.05) is 0 Å². The first-order valence-corrected chi connectivity index (χ1v) is 5.60. The summed E-state index contributed by atoms with van der Waals surface area (Å²) in [7, 11) is 0. The Balaban J connectivity index is 2.10. The molecule has 104 valence electrons. The fourth-order valence-corrected chi connectivity index (χ4v) is 1.47. The predicted molar refractivity (Wildman–Crippen MR) is 65.1 cm³/mol. The quantitative estimate of drug-likeness (QED) is 0.628. The van der Waals surface area contributed by atoms with Crippen LogP contribution in [0.15, 0.2) is 30.6 Å². The Kier molecular flexibility index (Phi) is 4.01. The molecule has 2 rings (SSSR count). The number of benzene rings is 1. The van der Waals surface area contributed by atoms with Gasteiger partial charge in [-0.05, 0) is 34.7 Å². The Morgan fingerprint density at radius 2 is 2.00 bits per heavy atom. The molecular weight excluding hydrogens is 266 g/mol. The van der Waals surface area contributed by atoms with Crippen LogP contribution in [0, 0.1) is 0 Å². The number of aromatic nitrogens is 4. The van der Waals surface area contributed by atoms with Gasteiger partial charge in [0.2, 0.25) is 0 Å². The number of aliphatic hydroxyl groups is 1. The van der Waals surface area contributed by atoms with Gasteiger partial charge in [-0.15, -0.1) is 5.10 Å².